The van der Waals surface area contributed by atoms with Crippen LogP contribution in [0.15, 0.2) is 41.9 Å². The number of benzene rings is 2. The van der Waals surface area contributed by atoms with Crippen LogP contribution in [0.5, 0.6) is 0 Å². The highest BCUT2D eigenvalue weighted by Gasteiger charge is 2.12. The molecule has 0 aliphatic heterocycles. The van der Waals surface area contributed by atoms with E-state index in [1.54, 1.807) is 11.3 Å². The third kappa shape index (κ3) is 1.88. The lowest BCUT2D eigenvalue weighted by Gasteiger charge is -2.08. The van der Waals surface area contributed by atoms with Gasteiger partial charge in [-0.15, -0.1) is 11.3 Å². The summed E-state index contributed by atoms with van der Waals surface area (Å²) >= 11 is 1.59. The normalized spacial score (nSPS) is 11.5. The van der Waals surface area contributed by atoms with Crippen molar-refractivity contribution in [1.29, 1.82) is 0 Å². The average Bonchev–Trinajstić information content (AvgIpc) is 3.09. The number of nitrogen functional groups attached to an aromatic ring is 1. The number of hydrogen-bond donors (Lipinski definition) is 2. The third-order valence-electron chi connectivity index (χ3n) is 3.46. The monoisotopic (exact) mass is 296 g/mol. The maximum absolute atomic E-state index is 9.60. The molecule has 21 heavy (non-hydrogen) atoms. The van der Waals surface area contributed by atoms with E-state index in [4.69, 9.17) is 5.73 Å². The minimum atomic E-state index is -0.130. The molecule has 0 aliphatic rings. The van der Waals surface area contributed by atoms with Crippen LogP contribution in [0.2, 0.25) is 0 Å². The molecule has 4 aromatic rings. The molecule has 5 nitrogen and oxygen atoms in total. The van der Waals surface area contributed by atoms with E-state index in [0.29, 0.717) is 11.5 Å². The quantitative estimate of drug-likeness (QED) is 0.558. The van der Waals surface area contributed by atoms with Gasteiger partial charge in [-0.3, -0.25) is 4.57 Å². The number of aromatic nitrogens is 3. The van der Waals surface area contributed by atoms with E-state index in [2.05, 4.69) is 16.0 Å². The topological polar surface area (TPSA) is 77.0 Å². The minimum Gasteiger partial charge on any atom is -0.399 e. The van der Waals surface area contributed by atoms with E-state index >= 15 is 0 Å². The molecule has 4 rings (SSSR count). The molecule has 0 amide bonds. The Balaban J connectivity index is 2.03. The van der Waals surface area contributed by atoms with Gasteiger partial charge in [0.25, 0.3) is 0 Å². The number of thiazole rings is 1. The molecule has 0 fully saturated rings. The van der Waals surface area contributed by atoms with Crippen molar-refractivity contribution in [3.05, 3.63) is 47.7 Å². The Kier molecular flexibility index (Phi) is 2.66. The summed E-state index contributed by atoms with van der Waals surface area (Å²) < 4.78 is 3.06. The van der Waals surface area contributed by atoms with Crippen LogP contribution in [0.25, 0.3) is 26.9 Å². The molecular weight excluding hydrogens is 284 g/mol. The van der Waals surface area contributed by atoms with Gasteiger partial charge in [0.15, 0.2) is 0 Å². The molecule has 2 aromatic heterocycles. The maximum Gasteiger partial charge on any atom is 0.140 e. The van der Waals surface area contributed by atoms with E-state index in [1.165, 1.54) is 0 Å². The SMILES string of the molecule is Nc1ccc2c(c1)nc(CO)n2-c1ccc2ncsc2c1. The van der Waals surface area contributed by atoms with Gasteiger partial charge in [-0.05, 0) is 36.4 Å². The molecule has 2 aromatic carbocycles. The Morgan fingerprint density at radius 1 is 1.14 bits per heavy atom. The first kappa shape index (κ1) is 12.3. The van der Waals surface area contributed by atoms with E-state index in [-0.39, 0.29) is 6.61 Å². The predicted molar refractivity (Wildman–Crippen MR) is 84.6 cm³/mol. The van der Waals surface area contributed by atoms with Gasteiger partial charge in [0.05, 0.1) is 26.8 Å². The number of nitrogens with two attached hydrogens (primary N) is 1. The Morgan fingerprint density at radius 2 is 2.05 bits per heavy atom. The van der Waals surface area contributed by atoms with Gasteiger partial charge in [0.1, 0.15) is 12.4 Å². The van der Waals surface area contributed by atoms with Crippen LogP contribution in [0, 0.1) is 0 Å². The van der Waals surface area contributed by atoms with E-state index in [0.717, 1.165) is 26.9 Å². The zero-order valence-corrected chi connectivity index (χ0v) is 11.8. The highest BCUT2D eigenvalue weighted by molar-refractivity contribution is 7.16. The lowest BCUT2D eigenvalue weighted by Crippen LogP contribution is -2.00. The lowest BCUT2D eigenvalue weighted by atomic mass is 10.2. The summed E-state index contributed by atoms with van der Waals surface area (Å²) in [5.41, 5.74) is 11.9. The molecule has 2 heterocycles. The molecule has 0 bridgehead atoms. The molecular formula is C15H12N4OS. The maximum atomic E-state index is 9.60. The Morgan fingerprint density at radius 3 is 2.90 bits per heavy atom. The smallest absolute Gasteiger partial charge is 0.140 e. The average molecular weight is 296 g/mol. The minimum absolute atomic E-state index is 0.130. The summed E-state index contributed by atoms with van der Waals surface area (Å²) in [7, 11) is 0. The molecule has 0 saturated heterocycles. The molecule has 0 unspecified atom stereocenters. The molecule has 0 spiro atoms. The number of hydrogen-bond acceptors (Lipinski definition) is 5. The van der Waals surface area contributed by atoms with Gasteiger partial charge in [-0.25, -0.2) is 9.97 Å². The van der Waals surface area contributed by atoms with Gasteiger partial charge in [-0.2, -0.15) is 0 Å². The van der Waals surface area contributed by atoms with E-state index < -0.39 is 0 Å². The van der Waals surface area contributed by atoms with E-state index in [9.17, 15) is 5.11 Å². The van der Waals surface area contributed by atoms with Crippen molar-refractivity contribution in [2.75, 3.05) is 5.73 Å². The first-order chi connectivity index (χ1) is 10.3. The van der Waals surface area contributed by atoms with Crippen molar-refractivity contribution in [1.82, 2.24) is 14.5 Å². The van der Waals surface area contributed by atoms with Gasteiger partial charge in [0.2, 0.25) is 0 Å². The van der Waals surface area contributed by atoms with Crippen LogP contribution in [0.3, 0.4) is 0 Å². The number of aliphatic hydroxyl groups is 1. The summed E-state index contributed by atoms with van der Waals surface area (Å²) in [6.07, 6.45) is 0. The van der Waals surface area contributed by atoms with Crippen LogP contribution in [0.1, 0.15) is 5.82 Å². The van der Waals surface area contributed by atoms with Crippen molar-refractivity contribution in [3.63, 3.8) is 0 Å². The van der Waals surface area contributed by atoms with Gasteiger partial charge in [0, 0.05) is 11.4 Å². The lowest BCUT2D eigenvalue weighted by molar-refractivity contribution is 0.270. The molecule has 104 valence electrons. The molecule has 3 N–H and O–H groups in total. The van der Waals surface area contributed by atoms with Crippen LogP contribution >= 0.6 is 11.3 Å². The van der Waals surface area contributed by atoms with E-state index in [1.807, 2.05) is 40.4 Å². The van der Waals surface area contributed by atoms with Crippen molar-refractivity contribution in [2.24, 2.45) is 0 Å². The fourth-order valence-corrected chi connectivity index (χ4v) is 3.23. The fourth-order valence-electron chi connectivity index (χ4n) is 2.52. The van der Waals surface area contributed by atoms with Crippen molar-refractivity contribution in [3.8, 4) is 5.69 Å². The predicted octanol–water partition coefficient (Wildman–Crippen LogP) is 2.71. The van der Waals surface area contributed by atoms with Crippen molar-refractivity contribution >= 4 is 38.3 Å². The van der Waals surface area contributed by atoms with Gasteiger partial charge < -0.3 is 10.8 Å². The fraction of sp³-hybridized carbons (Fsp3) is 0.0667. The Labute approximate surface area is 124 Å². The van der Waals surface area contributed by atoms with Gasteiger partial charge >= 0.3 is 0 Å². The summed E-state index contributed by atoms with van der Waals surface area (Å²) in [6.45, 7) is -0.130. The second-order valence-electron chi connectivity index (χ2n) is 4.77. The molecule has 0 atom stereocenters. The summed E-state index contributed by atoms with van der Waals surface area (Å²) in [6, 6.07) is 11.6. The second-order valence-corrected chi connectivity index (χ2v) is 5.66. The second kappa shape index (κ2) is 4.54. The molecule has 0 aliphatic carbocycles. The number of fused-ring (bicyclic) bond motifs is 2. The summed E-state index contributed by atoms with van der Waals surface area (Å²) in [5.74, 6) is 0.597. The molecule has 0 saturated carbocycles. The van der Waals surface area contributed by atoms with Crippen LogP contribution in [0.4, 0.5) is 5.69 Å². The standard InChI is InChI=1S/C15H12N4OS/c16-9-1-4-13-12(5-9)18-15(7-20)19(13)10-2-3-11-14(6-10)21-8-17-11/h1-6,8,20H,7,16H2. The number of aliphatic hydroxyl groups excluding tert-OH is 1. The van der Waals surface area contributed by atoms with Crippen molar-refractivity contribution in [2.45, 2.75) is 6.61 Å². The first-order valence-corrected chi connectivity index (χ1v) is 7.35. The van der Waals surface area contributed by atoms with Crippen molar-refractivity contribution < 1.29 is 5.11 Å². The van der Waals surface area contributed by atoms with Crippen LogP contribution in [-0.2, 0) is 6.61 Å². The number of nitrogens with zero attached hydrogens (tertiary/aromatic N) is 3. The highest BCUT2D eigenvalue weighted by Crippen LogP contribution is 2.27. The summed E-state index contributed by atoms with van der Waals surface area (Å²) in [4.78, 5) is 8.74. The third-order valence-corrected chi connectivity index (χ3v) is 4.25. The Bertz CT molecular complexity index is 957. The first-order valence-electron chi connectivity index (χ1n) is 6.47. The zero-order valence-electron chi connectivity index (χ0n) is 11.0. The van der Waals surface area contributed by atoms with Gasteiger partial charge in [-0.1, -0.05) is 0 Å². The Hall–Kier alpha value is -2.44. The van der Waals surface area contributed by atoms with Crippen LogP contribution in [-0.4, -0.2) is 19.6 Å². The largest absolute Gasteiger partial charge is 0.399 e. The number of imidazole rings is 1. The summed E-state index contributed by atoms with van der Waals surface area (Å²) in [5, 5.41) is 9.60. The number of anilines is 1. The number of rotatable bonds is 2. The highest BCUT2D eigenvalue weighted by atomic mass is 32.1. The van der Waals surface area contributed by atoms with Crippen LogP contribution < -0.4 is 5.73 Å². The molecule has 6 heteroatoms. The molecule has 0 radical (unpaired) electrons. The zero-order chi connectivity index (χ0) is 14.4.